The molecule has 0 saturated heterocycles. The molecule has 1 N–H and O–H groups in total. The molecule has 0 heterocycles. The normalized spacial score (nSPS) is 10.2. The zero-order valence-electron chi connectivity index (χ0n) is 11.1. The third-order valence-electron chi connectivity index (χ3n) is 2.80. The van der Waals surface area contributed by atoms with Gasteiger partial charge < -0.3 is 14.6 Å². The minimum absolute atomic E-state index is 0.0581. The summed E-state index contributed by atoms with van der Waals surface area (Å²) < 4.78 is 24.6. The maximum atomic E-state index is 13.3. The first kappa shape index (κ1) is 15.3. The average molecular weight is 355 g/mol. The third-order valence-corrected chi connectivity index (χ3v) is 3.46. The Morgan fingerprint density at radius 3 is 2.67 bits per heavy atom. The fraction of sp³-hybridized carbons (Fsp3) is 0.133. The second-order valence-corrected chi connectivity index (χ2v) is 5.05. The van der Waals surface area contributed by atoms with E-state index in [1.165, 1.54) is 37.4 Å². The molecule has 2 rings (SSSR count). The zero-order valence-corrected chi connectivity index (χ0v) is 12.7. The van der Waals surface area contributed by atoms with Crippen molar-refractivity contribution in [2.75, 3.05) is 7.11 Å². The van der Waals surface area contributed by atoms with E-state index >= 15 is 0 Å². The van der Waals surface area contributed by atoms with Crippen LogP contribution in [0.5, 0.6) is 11.5 Å². The van der Waals surface area contributed by atoms with Crippen molar-refractivity contribution in [3.05, 3.63) is 57.8 Å². The van der Waals surface area contributed by atoms with Crippen LogP contribution in [0, 0.1) is 5.82 Å². The predicted octanol–water partition coefficient (Wildman–Crippen LogP) is 3.87. The highest BCUT2D eigenvalue weighted by Gasteiger charge is 2.10. The van der Waals surface area contributed by atoms with Crippen LogP contribution in [0.4, 0.5) is 4.39 Å². The van der Waals surface area contributed by atoms with E-state index in [4.69, 9.17) is 14.6 Å². The van der Waals surface area contributed by atoms with E-state index in [1.807, 2.05) is 0 Å². The quantitative estimate of drug-likeness (QED) is 0.885. The molecule has 0 aromatic heterocycles. The van der Waals surface area contributed by atoms with E-state index in [1.54, 1.807) is 6.07 Å². The highest BCUT2D eigenvalue weighted by atomic mass is 79.9. The summed E-state index contributed by atoms with van der Waals surface area (Å²) in [5, 5.41) is 8.96. The molecule has 0 radical (unpaired) electrons. The van der Waals surface area contributed by atoms with Crippen molar-refractivity contribution < 1.29 is 23.8 Å². The Hall–Kier alpha value is -2.08. The third kappa shape index (κ3) is 3.72. The van der Waals surface area contributed by atoms with E-state index < -0.39 is 11.8 Å². The molecule has 21 heavy (non-hydrogen) atoms. The summed E-state index contributed by atoms with van der Waals surface area (Å²) >= 11 is 3.28. The zero-order chi connectivity index (χ0) is 15.4. The van der Waals surface area contributed by atoms with Crippen molar-refractivity contribution in [1.82, 2.24) is 0 Å². The first-order valence-electron chi connectivity index (χ1n) is 5.99. The summed E-state index contributed by atoms with van der Waals surface area (Å²) in [6.07, 6.45) is 0. The lowest BCUT2D eigenvalue weighted by Crippen LogP contribution is -2.02. The molecule has 4 nitrogen and oxygen atoms in total. The molecule has 0 unspecified atom stereocenters. The minimum atomic E-state index is -1.05. The van der Waals surface area contributed by atoms with Gasteiger partial charge in [0.05, 0.1) is 17.1 Å². The SMILES string of the molecule is COc1ccc(F)cc1COc1cc(C(=O)O)ccc1Br. The van der Waals surface area contributed by atoms with Crippen LogP contribution in [0.3, 0.4) is 0 Å². The molecule has 0 aliphatic carbocycles. The van der Waals surface area contributed by atoms with E-state index in [0.29, 0.717) is 21.5 Å². The van der Waals surface area contributed by atoms with E-state index in [-0.39, 0.29) is 12.2 Å². The Kier molecular flexibility index (Phi) is 4.80. The van der Waals surface area contributed by atoms with Crippen molar-refractivity contribution in [3.8, 4) is 11.5 Å². The first-order chi connectivity index (χ1) is 10.0. The first-order valence-corrected chi connectivity index (χ1v) is 6.78. The summed E-state index contributed by atoms with van der Waals surface area (Å²) in [4.78, 5) is 10.9. The van der Waals surface area contributed by atoms with Crippen LogP contribution in [0.1, 0.15) is 15.9 Å². The number of ether oxygens (including phenoxy) is 2. The molecule has 2 aromatic rings. The fourth-order valence-corrected chi connectivity index (χ4v) is 2.12. The molecular formula is C15H12BrFO4. The molecule has 0 fully saturated rings. The molecule has 0 saturated carbocycles. The largest absolute Gasteiger partial charge is 0.496 e. The molecule has 0 aliphatic rings. The topological polar surface area (TPSA) is 55.8 Å². The molecule has 0 bridgehead atoms. The molecule has 0 spiro atoms. The monoisotopic (exact) mass is 354 g/mol. The fourth-order valence-electron chi connectivity index (χ4n) is 1.76. The number of benzene rings is 2. The van der Waals surface area contributed by atoms with Crippen LogP contribution in [-0.4, -0.2) is 18.2 Å². The number of hydrogen-bond donors (Lipinski definition) is 1. The van der Waals surface area contributed by atoms with Gasteiger partial charge in [0.2, 0.25) is 0 Å². The number of rotatable bonds is 5. The maximum Gasteiger partial charge on any atom is 0.335 e. The molecular weight excluding hydrogens is 343 g/mol. The highest BCUT2D eigenvalue weighted by Crippen LogP contribution is 2.28. The Labute approximate surface area is 129 Å². The Bertz CT molecular complexity index is 673. The lowest BCUT2D eigenvalue weighted by Gasteiger charge is -2.12. The Morgan fingerprint density at radius 2 is 2.00 bits per heavy atom. The van der Waals surface area contributed by atoms with Gasteiger partial charge in [-0.2, -0.15) is 0 Å². The van der Waals surface area contributed by atoms with Gasteiger partial charge in [0.15, 0.2) is 0 Å². The van der Waals surface area contributed by atoms with Crippen molar-refractivity contribution in [1.29, 1.82) is 0 Å². The number of halogens is 2. The lowest BCUT2D eigenvalue weighted by atomic mass is 10.2. The van der Waals surface area contributed by atoms with Crippen molar-refractivity contribution in [2.45, 2.75) is 6.61 Å². The smallest absolute Gasteiger partial charge is 0.335 e. The molecule has 0 atom stereocenters. The number of methoxy groups -OCH3 is 1. The number of carboxylic acid groups (broad SMARTS) is 1. The van der Waals surface area contributed by atoms with Gasteiger partial charge in [0, 0.05) is 5.56 Å². The van der Waals surface area contributed by atoms with Gasteiger partial charge in [0.25, 0.3) is 0 Å². The molecule has 110 valence electrons. The number of carbonyl (C=O) groups is 1. The summed E-state index contributed by atoms with van der Waals surface area (Å²) in [5.41, 5.74) is 0.643. The molecule has 2 aromatic carbocycles. The maximum absolute atomic E-state index is 13.3. The van der Waals surface area contributed by atoms with Gasteiger partial charge in [-0.25, -0.2) is 9.18 Å². The molecule has 6 heteroatoms. The molecule has 0 aliphatic heterocycles. The average Bonchev–Trinajstić information content (AvgIpc) is 2.46. The van der Waals surface area contributed by atoms with E-state index in [9.17, 15) is 9.18 Å². The van der Waals surface area contributed by atoms with Gasteiger partial charge >= 0.3 is 5.97 Å². The van der Waals surface area contributed by atoms with E-state index in [2.05, 4.69) is 15.9 Å². The van der Waals surface area contributed by atoms with Crippen LogP contribution in [0.2, 0.25) is 0 Å². The Balaban J connectivity index is 2.22. The van der Waals surface area contributed by atoms with Crippen LogP contribution in [0.15, 0.2) is 40.9 Å². The lowest BCUT2D eigenvalue weighted by molar-refractivity contribution is 0.0696. The standard InChI is InChI=1S/C15H12BrFO4/c1-20-13-5-3-11(17)6-10(13)8-21-14-7-9(15(18)19)2-4-12(14)16/h2-7H,8H2,1H3,(H,18,19). The highest BCUT2D eigenvalue weighted by molar-refractivity contribution is 9.10. The minimum Gasteiger partial charge on any atom is -0.496 e. The van der Waals surface area contributed by atoms with Crippen LogP contribution in [0.25, 0.3) is 0 Å². The van der Waals surface area contributed by atoms with Gasteiger partial charge in [-0.15, -0.1) is 0 Å². The van der Waals surface area contributed by atoms with Crippen LogP contribution >= 0.6 is 15.9 Å². The van der Waals surface area contributed by atoms with E-state index in [0.717, 1.165) is 0 Å². The van der Waals surface area contributed by atoms with Crippen LogP contribution < -0.4 is 9.47 Å². The Morgan fingerprint density at radius 1 is 1.24 bits per heavy atom. The number of carboxylic acids is 1. The second-order valence-electron chi connectivity index (χ2n) is 4.20. The van der Waals surface area contributed by atoms with Crippen LogP contribution in [-0.2, 0) is 6.61 Å². The summed E-state index contributed by atoms with van der Waals surface area (Å²) in [7, 11) is 1.48. The van der Waals surface area contributed by atoms with Gasteiger partial charge in [0.1, 0.15) is 23.9 Å². The summed E-state index contributed by atoms with van der Waals surface area (Å²) in [6, 6.07) is 8.57. The van der Waals surface area contributed by atoms with Gasteiger partial charge in [-0.3, -0.25) is 0 Å². The number of aromatic carboxylic acids is 1. The summed E-state index contributed by atoms with van der Waals surface area (Å²) in [6.45, 7) is 0.0581. The second kappa shape index (κ2) is 6.58. The summed E-state index contributed by atoms with van der Waals surface area (Å²) in [5.74, 6) is -0.577. The van der Waals surface area contributed by atoms with Crippen molar-refractivity contribution in [2.24, 2.45) is 0 Å². The van der Waals surface area contributed by atoms with Gasteiger partial charge in [-0.1, -0.05) is 0 Å². The number of hydrogen-bond acceptors (Lipinski definition) is 3. The van der Waals surface area contributed by atoms with Gasteiger partial charge in [-0.05, 0) is 52.3 Å². The van der Waals surface area contributed by atoms with Crippen molar-refractivity contribution in [3.63, 3.8) is 0 Å². The molecule has 0 amide bonds. The van der Waals surface area contributed by atoms with Crippen molar-refractivity contribution >= 4 is 21.9 Å². The predicted molar refractivity (Wildman–Crippen MR) is 78.4 cm³/mol.